The third-order valence-corrected chi connectivity index (χ3v) is 6.08. The van der Waals surface area contributed by atoms with Crippen molar-refractivity contribution in [2.45, 2.75) is 35.8 Å². The van der Waals surface area contributed by atoms with Crippen LogP contribution in [0.25, 0.3) is 11.0 Å². The lowest BCUT2D eigenvalue weighted by molar-refractivity contribution is 0.199. The number of rotatable bonds is 4. The molecule has 1 aliphatic heterocycles. The van der Waals surface area contributed by atoms with Crippen molar-refractivity contribution < 1.29 is 18.5 Å². The molecule has 0 amide bonds. The van der Waals surface area contributed by atoms with E-state index in [4.69, 9.17) is 9.15 Å². The second kappa shape index (κ2) is 6.87. The SMILES string of the molecule is COc1cc(S(=O)c2cccc([C@@H](C)O)c2)cc2c3c(oc12)CCNC3. The summed E-state index contributed by atoms with van der Waals surface area (Å²) in [4.78, 5) is 1.31. The Kier molecular flexibility index (Phi) is 4.56. The first kappa shape index (κ1) is 17.3. The van der Waals surface area contributed by atoms with Gasteiger partial charge in [0.25, 0.3) is 0 Å². The zero-order chi connectivity index (χ0) is 18.3. The second-order valence-electron chi connectivity index (χ2n) is 6.45. The van der Waals surface area contributed by atoms with Crippen LogP contribution in [0.5, 0.6) is 5.75 Å². The van der Waals surface area contributed by atoms with Gasteiger partial charge in [0.2, 0.25) is 0 Å². The maximum atomic E-state index is 13.2. The number of benzene rings is 2. The quantitative estimate of drug-likeness (QED) is 0.736. The van der Waals surface area contributed by atoms with Crippen LogP contribution in [0.1, 0.15) is 29.9 Å². The molecular formula is C20H21NO4S. The largest absolute Gasteiger partial charge is 0.493 e. The molecule has 136 valence electrons. The third kappa shape index (κ3) is 2.94. The first-order valence-electron chi connectivity index (χ1n) is 8.61. The number of nitrogens with one attached hydrogen (secondary N) is 1. The van der Waals surface area contributed by atoms with Gasteiger partial charge in [-0.15, -0.1) is 0 Å². The van der Waals surface area contributed by atoms with Gasteiger partial charge in [-0.25, -0.2) is 4.21 Å². The molecule has 0 bridgehead atoms. The maximum absolute atomic E-state index is 13.2. The molecule has 0 spiro atoms. The van der Waals surface area contributed by atoms with Crippen LogP contribution in [-0.2, 0) is 23.8 Å². The van der Waals surface area contributed by atoms with E-state index in [1.807, 2.05) is 24.3 Å². The van der Waals surface area contributed by atoms with E-state index in [1.54, 1.807) is 26.2 Å². The van der Waals surface area contributed by atoms with Crippen LogP contribution in [0.4, 0.5) is 0 Å². The molecule has 2 heterocycles. The highest BCUT2D eigenvalue weighted by Gasteiger charge is 2.22. The number of hydrogen-bond acceptors (Lipinski definition) is 5. The Hall–Kier alpha value is -2.15. The molecule has 26 heavy (non-hydrogen) atoms. The summed E-state index contributed by atoms with van der Waals surface area (Å²) in [6.45, 7) is 3.32. The summed E-state index contributed by atoms with van der Waals surface area (Å²) in [5, 5.41) is 14.1. The molecule has 2 N–H and O–H groups in total. The topological polar surface area (TPSA) is 71.7 Å². The monoisotopic (exact) mass is 371 g/mol. The zero-order valence-corrected chi connectivity index (χ0v) is 15.6. The molecule has 5 nitrogen and oxygen atoms in total. The molecule has 1 unspecified atom stereocenters. The van der Waals surface area contributed by atoms with Gasteiger partial charge in [0.05, 0.1) is 24.0 Å². The van der Waals surface area contributed by atoms with E-state index in [0.717, 1.165) is 41.8 Å². The molecule has 0 aliphatic carbocycles. The van der Waals surface area contributed by atoms with Crippen molar-refractivity contribution in [3.05, 3.63) is 53.3 Å². The van der Waals surface area contributed by atoms with Gasteiger partial charge in [-0.3, -0.25) is 0 Å². The lowest BCUT2D eigenvalue weighted by atomic mass is 10.1. The van der Waals surface area contributed by atoms with Gasteiger partial charge in [-0.1, -0.05) is 12.1 Å². The number of aliphatic hydroxyl groups excluding tert-OH is 1. The number of ether oxygens (including phenoxy) is 1. The summed E-state index contributed by atoms with van der Waals surface area (Å²) in [6, 6.07) is 10.9. The van der Waals surface area contributed by atoms with Gasteiger partial charge in [-0.05, 0) is 30.7 Å². The maximum Gasteiger partial charge on any atom is 0.176 e. The summed E-state index contributed by atoms with van der Waals surface area (Å²) in [5.74, 6) is 1.56. The Bertz CT molecular complexity index is 993. The number of aliphatic hydroxyl groups is 1. The van der Waals surface area contributed by atoms with Crippen molar-refractivity contribution in [2.24, 2.45) is 0 Å². The fraction of sp³-hybridized carbons (Fsp3) is 0.300. The molecule has 2 atom stereocenters. The Balaban J connectivity index is 1.83. The Morgan fingerprint density at radius 3 is 2.88 bits per heavy atom. The number of hydrogen-bond donors (Lipinski definition) is 2. The van der Waals surface area contributed by atoms with Crippen LogP contribution in [-0.4, -0.2) is 23.0 Å². The second-order valence-corrected chi connectivity index (χ2v) is 7.93. The van der Waals surface area contributed by atoms with Crippen molar-refractivity contribution in [2.75, 3.05) is 13.7 Å². The molecule has 2 aromatic carbocycles. The fourth-order valence-corrected chi connectivity index (χ4v) is 4.49. The van der Waals surface area contributed by atoms with Gasteiger partial charge in [0.1, 0.15) is 5.76 Å². The summed E-state index contributed by atoms with van der Waals surface area (Å²) in [6.07, 6.45) is 0.234. The summed E-state index contributed by atoms with van der Waals surface area (Å²) >= 11 is 0. The molecule has 3 aromatic rings. The summed E-state index contributed by atoms with van der Waals surface area (Å²) in [5.41, 5.74) is 2.56. The van der Waals surface area contributed by atoms with Crippen LogP contribution in [0, 0.1) is 0 Å². The molecule has 6 heteroatoms. The van der Waals surface area contributed by atoms with Gasteiger partial charge in [0.15, 0.2) is 11.3 Å². The highest BCUT2D eigenvalue weighted by atomic mass is 32.2. The number of furan rings is 1. The predicted molar refractivity (Wildman–Crippen MR) is 99.9 cm³/mol. The summed E-state index contributed by atoms with van der Waals surface area (Å²) < 4.78 is 24.7. The highest BCUT2D eigenvalue weighted by Crippen LogP contribution is 2.37. The lowest BCUT2D eigenvalue weighted by Gasteiger charge is -2.11. The van der Waals surface area contributed by atoms with Crippen LogP contribution in [0.15, 0.2) is 50.6 Å². The molecule has 0 radical (unpaired) electrons. The van der Waals surface area contributed by atoms with Crippen LogP contribution in [0.2, 0.25) is 0 Å². The molecular weight excluding hydrogens is 350 g/mol. The van der Waals surface area contributed by atoms with Crippen LogP contribution in [0.3, 0.4) is 0 Å². The molecule has 1 aromatic heterocycles. The van der Waals surface area contributed by atoms with E-state index < -0.39 is 16.9 Å². The third-order valence-electron chi connectivity index (χ3n) is 4.73. The van der Waals surface area contributed by atoms with Gasteiger partial charge < -0.3 is 19.6 Å². The fourth-order valence-electron chi connectivity index (χ4n) is 3.34. The minimum atomic E-state index is -1.38. The van der Waals surface area contributed by atoms with Crippen LogP contribution < -0.4 is 10.1 Å². The van der Waals surface area contributed by atoms with Crippen molar-refractivity contribution in [1.82, 2.24) is 5.32 Å². The molecule has 0 saturated heterocycles. The zero-order valence-electron chi connectivity index (χ0n) is 14.7. The first-order chi connectivity index (χ1) is 12.6. The predicted octanol–water partition coefficient (Wildman–Crippen LogP) is 3.31. The van der Waals surface area contributed by atoms with E-state index in [-0.39, 0.29) is 0 Å². The normalized spacial score (nSPS) is 16.3. The van der Waals surface area contributed by atoms with E-state index in [2.05, 4.69) is 5.32 Å². The molecule has 4 rings (SSSR count). The van der Waals surface area contributed by atoms with Crippen molar-refractivity contribution in [3.8, 4) is 5.75 Å². The van der Waals surface area contributed by atoms with E-state index >= 15 is 0 Å². The average molecular weight is 371 g/mol. The molecule has 0 saturated carbocycles. The standard InChI is InChI=1S/C20H21NO4S/c1-12(22)13-4-3-5-14(8-13)26(23)15-9-16-17-11-21-7-6-18(17)25-20(16)19(10-15)24-2/h3-5,8-10,12,21-22H,6-7,11H2,1-2H3/t12-,26?/m1/s1. The van der Waals surface area contributed by atoms with Gasteiger partial charge in [-0.2, -0.15) is 0 Å². The minimum absolute atomic E-state index is 0.590. The van der Waals surface area contributed by atoms with E-state index in [1.165, 1.54) is 0 Å². The first-order valence-corrected chi connectivity index (χ1v) is 9.76. The Morgan fingerprint density at radius 1 is 1.27 bits per heavy atom. The number of fused-ring (bicyclic) bond motifs is 3. The lowest BCUT2D eigenvalue weighted by Crippen LogP contribution is -2.22. The minimum Gasteiger partial charge on any atom is -0.493 e. The molecule has 0 fully saturated rings. The van der Waals surface area contributed by atoms with Crippen molar-refractivity contribution in [1.29, 1.82) is 0 Å². The summed E-state index contributed by atoms with van der Waals surface area (Å²) in [7, 11) is 0.213. The highest BCUT2D eigenvalue weighted by molar-refractivity contribution is 7.85. The van der Waals surface area contributed by atoms with E-state index in [9.17, 15) is 9.32 Å². The Morgan fingerprint density at radius 2 is 2.12 bits per heavy atom. The van der Waals surface area contributed by atoms with Crippen molar-refractivity contribution >= 4 is 21.8 Å². The van der Waals surface area contributed by atoms with Crippen LogP contribution >= 0.6 is 0 Å². The van der Waals surface area contributed by atoms with Gasteiger partial charge in [0, 0.05) is 46.3 Å². The molecule has 1 aliphatic rings. The average Bonchev–Trinajstić information content (AvgIpc) is 3.05. The number of methoxy groups -OCH3 is 1. The smallest absolute Gasteiger partial charge is 0.176 e. The van der Waals surface area contributed by atoms with Crippen molar-refractivity contribution in [3.63, 3.8) is 0 Å². The van der Waals surface area contributed by atoms with Gasteiger partial charge >= 0.3 is 0 Å². The Labute approximate surface area is 154 Å². The van der Waals surface area contributed by atoms with E-state index in [0.29, 0.717) is 21.1 Å².